The summed E-state index contributed by atoms with van der Waals surface area (Å²) >= 11 is 0.677. The Labute approximate surface area is 101 Å². The van der Waals surface area contributed by atoms with Crippen molar-refractivity contribution >= 4 is 14.0 Å². The summed E-state index contributed by atoms with van der Waals surface area (Å²) in [5.74, 6) is 0. The Morgan fingerprint density at radius 2 is 1.79 bits per heavy atom. The van der Waals surface area contributed by atoms with Crippen LogP contribution in [0.1, 0.15) is 26.5 Å². The molecule has 1 N–H and O–H groups in total. The van der Waals surface area contributed by atoms with Crippen LogP contribution in [0, 0.1) is 0 Å². The summed E-state index contributed by atoms with van der Waals surface area (Å²) in [5, 5.41) is 1.43. The molecule has 2 heteroatoms. The van der Waals surface area contributed by atoms with Crippen molar-refractivity contribution in [1.29, 1.82) is 0 Å². The molecule has 1 nitrogen and oxygen atoms in total. The Bertz CT molecular complexity index is 463. The van der Waals surface area contributed by atoms with Gasteiger partial charge in [-0.2, -0.15) is 0 Å². The van der Waals surface area contributed by atoms with E-state index >= 15 is 0 Å². The third-order valence-electron chi connectivity index (χ3n) is 2.56. The van der Waals surface area contributed by atoms with E-state index in [1.54, 1.807) is 3.07 Å². The molecule has 0 bridgehead atoms. The van der Waals surface area contributed by atoms with Gasteiger partial charge in [0.05, 0.1) is 0 Å². The molecule has 0 amide bonds. The van der Waals surface area contributed by atoms with Gasteiger partial charge in [-0.3, -0.25) is 0 Å². The predicted molar refractivity (Wildman–Crippen MR) is 56.6 cm³/mol. The van der Waals surface area contributed by atoms with E-state index in [9.17, 15) is 0 Å². The van der Waals surface area contributed by atoms with Gasteiger partial charge in [0.1, 0.15) is 0 Å². The Kier molecular flexibility index (Phi) is 2.46. The quantitative estimate of drug-likeness (QED) is 0.684. The third kappa shape index (κ3) is 1.62. The van der Waals surface area contributed by atoms with Crippen LogP contribution in [-0.2, 0) is 31.5 Å². The molecule has 69 valence electrons. The first-order chi connectivity index (χ1) is 6.50. The van der Waals surface area contributed by atoms with Crippen LogP contribution >= 0.6 is 0 Å². The van der Waals surface area contributed by atoms with Crippen LogP contribution < -0.4 is 3.07 Å². The Balaban J connectivity index is 2.75. The van der Waals surface area contributed by atoms with E-state index in [-0.39, 0.29) is 5.41 Å². The maximum atomic E-state index is 3.55. The van der Waals surface area contributed by atoms with Gasteiger partial charge in [0, 0.05) is 0 Å². The molecule has 0 unspecified atom stereocenters. The second kappa shape index (κ2) is 3.37. The number of hydrogen-bond donors (Lipinski definition) is 1. The van der Waals surface area contributed by atoms with Gasteiger partial charge >= 0.3 is 101 Å². The van der Waals surface area contributed by atoms with E-state index in [0.717, 1.165) is 0 Å². The second-order valence-electron chi connectivity index (χ2n) is 4.77. The normalized spacial score (nSPS) is 12.4. The Hall–Kier alpha value is -0.305. The summed E-state index contributed by atoms with van der Waals surface area (Å²) in [6, 6.07) is 8.61. The van der Waals surface area contributed by atoms with Crippen LogP contribution in [0.25, 0.3) is 10.9 Å². The molecule has 1 aromatic carbocycles. The average molecular weight is 373 g/mol. The van der Waals surface area contributed by atoms with Gasteiger partial charge in [0.15, 0.2) is 0 Å². The SMILES string of the molecule is CC(C)(C)c1[nH]c2ccccc2[c]1[Hg]. The molecule has 0 fully saturated rings. The van der Waals surface area contributed by atoms with Crippen molar-refractivity contribution in [3.05, 3.63) is 30.0 Å². The first-order valence-electron chi connectivity index (χ1n) is 4.93. The molecular weight excluding hydrogens is 359 g/mol. The van der Waals surface area contributed by atoms with Gasteiger partial charge in [0.2, 0.25) is 0 Å². The Morgan fingerprint density at radius 3 is 2.36 bits per heavy atom. The molecule has 0 aliphatic rings. The summed E-state index contributed by atoms with van der Waals surface area (Å²) < 4.78 is 1.58. The number of aromatic nitrogens is 1. The molecule has 0 aliphatic carbocycles. The molecule has 0 saturated heterocycles. The zero-order valence-corrected chi connectivity index (χ0v) is 14.5. The van der Waals surface area contributed by atoms with Crippen molar-refractivity contribution < 1.29 is 26.1 Å². The second-order valence-corrected chi connectivity index (χ2v) is 7.52. The van der Waals surface area contributed by atoms with E-state index in [2.05, 4.69) is 50.0 Å². The van der Waals surface area contributed by atoms with Crippen molar-refractivity contribution in [2.45, 2.75) is 26.2 Å². The molecule has 2 aromatic rings. The van der Waals surface area contributed by atoms with Crippen molar-refractivity contribution in [3.8, 4) is 0 Å². The van der Waals surface area contributed by atoms with Crippen molar-refractivity contribution in [2.75, 3.05) is 0 Å². The van der Waals surface area contributed by atoms with Crippen LogP contribution in [0.2, 0.25) is 0 Å². The molecule has 0 spiro atoms. The van der Waals surface area contributed by atoms with E-state index in [0.29, 0.717) is 26.1 Å². The zero-order chi connectivity index (χ0) is 10.3. The van der Waals surface area contributed by atoms with Crippen molar-refractivity contribution in [1.82, 2.24) is 4.98 Å². The fraction of sp³-hybridized carbons (Fsp3) is 0.333. The van der Waals surface area contributed by atoms with Gasteiger partial charge in [-0.15, -0.1) is 0 Å². The molecule has 0 radical (unpaired) electrons. The summed E-state index contributed by atoms with van der Waals surface area (Å²) in [4.78, 5) is 3.55. The topological polar surface area (TPSA) is 15.8 Å². The fourth-order valence-electron chi connectivity index (χ4n) is 1.84. The van der Waals surface area contributed by atoms with Crippen LogP contribution in [0.3, 0.4) is 0 Å². The molecule has 0 saturated carbocycles. The first-order valence-corrected chi connectivity index (χ1v) is 7.68. The first kappa shape index (κ1) is 10.2. The predicted octanol–water partition coefficient (Wildman–Crippen LogP) is 2.64. The van der Waals surface area contributed by atoms with Crippen LogP contribution in [-0.4, -0.2) is 4.98 Å². The van der Waals surface area contributed by atoms with E-state index in [1.165, 1.54) is 16.6 Å². The van der Waals surface area contributed by atoms with Gasteiger partial charge in [0.25, 0.3) is 0 Å². The van der Waals surface area contributed by atoms with Gasteiger partial charge in [-0.25, -0.2) is 0 Å². The summed E-state index contributed by atoms with van der Waals surface area (Å²) in [6.07, 6.45) is 0. The average Bonchev–Trinajstić information content (AvgIpc) is 2.44. The van der Waals surface area contributed by atoms with Crippen LogP contribution in [0.15, 0.2) is 24.3 Å². The van der Waals surface area contributed by atoms with Crippen LogP contribution in [0.5, 0.6) is 0 Å². The number of fused-ring (bicyclic) bond motifs is 1. The van der Waals surface area contributed by atoms with Crippen LogP contribution in [0.4, 0.5) is 0 Å². The molecule has 0 aliphatic heterocycles. The van der Waals surface area contributed by atoms with Crippen molar-refractivity contribution in [2.24, 2.45) is 0 Å². The minimum atomic E-state index is 0.246. The van der Waals surface area contributed by atoms with E-state index in [4.69, 9.17) is 0 Å². The van der Waals surface area contributed by atoms with Gasteiger partial charge in [-0.05, 0) is 0 Å². The molecule has 2 rings (SSSR count). The summed E-state index contributed by atoms with van der Waals surface area (Å²) in [7, 11) is 0. The molecule has 0 atom stereocenters. The number of nitrogens with one attached hydrogen (secondary N) is 1. The molecule has 1 heterocycles. The summed E-state index contributed by atoms with van der Waals surface area (Å²) in [6.45, 7) is 6.82. The third-order valence-corrected chi connectivity index (χ3v) is 5.42. The Morgan fingerprint density at radius 1 is 1.14 bits per heavy atom. The summed E-state index contributed by atoms with van der Waals surface area (Å²) in [5.41, 5.74) is 2.97. The van der Waals surface area contributed by atoms with Crippen molar-refractivity contribution in [3.63, 3.8) is 0 Å². The number of hydrogen-bond acceptors (Lipinski definition) is 0. The number of H-pyrrole nitrogens is 1. The molecule has 1 aromatic heterocycles. The zero-order valence-electron chi connectivity index (χ0n) is 9.02. The van der Waals surface area contributed by atoms with E-state index in [1.807, 2.05) is 0 Å². The standard InChI is InChI=1S/C12H14N.Hg/c1-12(2,3)11-8-9-6-4-5-7-10(9)13-11;/h4-7,13H,1-3H3;. The maximum absolute atomic E-state index is 3.55. The monoisotopic (exact) mass is 374 g/mol. The fourth-order valence-corrected chi connectivity index (χ4v) is 5.44. The number of rotatable bonds is 0. The number of aromatic amines is 1. The minimum absolute atomic E-state index is 0.246. The number of benzene rings is 1. The van der Waals surface area contributed by atoms with Gasteiger partial charge in [-0.1, -0.05) is 0 Å². The van der Waals surface area contributed by atoms with Gasteiger partial charge < -0.3 is 0 Å². The number of para-hydroxylation sites is 1. The molecule has 14 heavy (non-hydrogen) atoms. The molecular formula is C12H14HgN. The van der Waals surface area contributed by atoms with E-state index < -0.39 is 0 Å².